The zero-order valence-electron chi connectivity index (χ0n) is 9.97. The summed E-state index contributed by atoms with van der Waals surface area (Å²) in [6.45, 7) is 0. The molecule has 3 atom stereocenters. The molecule has 3 rings (SSSR count). The summed E-state index contributed by atoms with van der Waals surface area (Å²) in [6, 6.07) is 4.10. The number of pyridine rings is 1. The third-order valence-corrected chi connectivity index (χ3v) is 3.86. The second-order valence-corrected chi connectivity index (χ2v) is 5.37. The summed E-state index contributed by atoms with van der Waals surface area (Å²) in [7, 11) is 0. The Morgan fingerprint density at radius 1 is 1.33 bits per heavy atom. The molecule has 0 amide bonds. The minimum Gasteiger partial charge on any atom is -0.384 e. The molecule has 0 saturated heterocycles. The Hall–Kier alpha value is -1.62. The van der Waals surface area contributed by atoms with Crippen LogP contribution in [0.1, 0.15) is 12.8 Å². The van der Waals surface area contributed by atoms with Crippen LogP contribution in [0.5, 0.6) is 0 Å². The predicted molar refractivity (Wildman–Crippen MR) is 77.1 cm³/mol. The average Bonchev–Trinajstić information content (AvgIpc) is 2.94. The van der Waals surface area contributed by atoms with Gasteiger partial charge in [-0.3, -0.25) is 0 Å². The van der Waals surface area contributed by atoms with Gasteiger partial charge in [0.15, 0.2) is 5.11 Å². The number of rotatable bonds is 2. The van der Waals surface area contributed by atoms with Gasteiger partial charge in [-0.1, -0.05) is 12.2 Å². The number of nitrogens with zero attached hydrogens (tertiary/aromatic N) is 1. The van der Waals surface area contributed by atoms with E-state index < -0.39 is 0 Å². The van der Waals surface area contributed by atoms with Crippen molar-refractivity contribution < 1.29 is 0 Å². The summed E-state index contributed by atoms with van der Waals surface area (Å²) >= 11 is 5.32. The summed E-state index contributed by atoms with van der Waals surface area (Å²) in [6.07, 6.45) is 8.76. The number of allylic oxidation sites excluding steroid dienone is 1. The van der Waals surface area contributed by atoms with Gasteiger partial charge in [-0.2, -0.15) is 0 Å². The summed E-state index contributed by atoms with van der Waals surface area (Å²) in [5, 5.41) is 7.18. The van der Waals surface area contributed by atoms with Crippen LogP contribution in [0.4, 0.5) is 11.5 Å². The van der Waals surface area contributed by atoms with Gasteiger partial charge < -0.3 is 16.4 Å². The van der Waals surface area contributed by atoms with E-state index in [1.54, 1.807) is 12.3 Å². The summed E-state index contributed by atoms with van der Waals surface area (Å²) in [5.41, 5.74) is 6.40. The van der Waals surface area contributed by atoms with Crippen molar-refractivity contribution in [3.05, 3.63) is 30.5 Å². The van der Waals surface area contributed by atoms with Crippen molar-refractivity contribution in [2.75, 3.05) is 11.1 Å². The molecule has 1 fully saturated rings. The maximum Gasteiger partial charge on any atom is 0.171 e. The molecule has 1 saturated carbocycles. The minimum atomic E-state index is 0.474. The number of thiocarbonyl (C=S) groups is 1. The number of anilines is 2. The van der Waals surface area contributed by atoms with Crippen LogP contribution in [-0.2, 0) is 0 Å². The van der Waals surface area contributed by atoms with Crippen molar-refractivity contribution in [1.29, 1.82) is 0 Å². The van der Waals surface area contributed by atoms with E-state index in [-0.39, 0.29) is 0 Å². The maximum absolute atomic E-state index is 5.54. The molecule has 94 valence electrons. The van der Waals surface area contributed by atoms with Crippen LogP contribution in [0.3, 0.4) is 0 Å². The number of nitrogens with two attached hydrogens (primary N) is 1. The first-order chi connectivity index (χ1) is 8.70. The van der Waals surface area contributed by atoms with Crippen molar-refractivity contribution >= 4 is 28.8 Å². The molecule has 1 heterocycles. The first-order valence-electron chi connectivity index (χ1n) is 6.18. The average molecular weight is 260 g/mol. The Labute approximate surface area is 112 Å². The first-order valence-corrected chi connectivity index (χ1v) is 6.59. The fourth-order valence-electron chi connectivity index (χ4n) is 2.76. The lowest BCUT2D eigenvalue weighted by molar-refractivity contribution is 0.526. The highest BCUT2D eigenvalue weighted by Gasteiger charge is 2.35. The molecule has 3 unspecified atom stereocenters. The molecule has 4 nitrogen and oxygen atoms in total. The monoisotopic (exact) mass is 260 g/mol. The number of fused-ring (bicyclic) bond motifs is 2. The van der Waals surface area contributed by atoms with Gasteiger partial charge in [0.05, 0.1) is 11.9 Å². The fraction of sp³-hybridized carbons (Fsp3) is 0.385. The minimum absolute atomic E-state index is 0.474. The van der Waals surface area contributed by atoms with E-state index in [9.17, 15) is 0 Å². The lowest BCUT2D eigenvalue weighted by Gasteiger charge is -2.21. The zero-order chi connectivity index (χ0) is 12.5. The van der Waals surface area contributed by atoms with E-state index in [4.69, 9.17) is 18.0 Å². The van der Waals surface area contributed by atoms with Crippen LogP contribution in [0.15, 0.2) is 30.5 Å². The van der Waals surface area contributed by atoms with E-state index in [2.05, 4.69) is 27.8 Å². The van der Waals surface area contributed by atoms with Crippen LogP contribution >= 0.6 is 12.2 Å². The van der Waals surface area contributed by atoms with E-state index in [1.807, 2.05) is 6.07 Å². The molecule has 0 aromatic carbocycles. The molecule has 0 radical (unpaired) electrons. The van der Waals surface area contributed by atoms with Gasteiger partial charge in [0.1, 0.15) is 5.82 Å². The lowest BCUT2D eigenvalue weighted by Crippen LogP contribution is -2.40. The molecule has 0 spiro atoms. The van der Waals surface area contributed by atoms with E-state index in [1.165, 1.54) is 12.8 Å². The van der Waals surface area contributed by atoms with Crippen LogP contribution < -0.4 is 16.4 Å². The van der Waals surface area contributed by atoms with Crippen molar-refractivity contribution in [2.24, 2.45) is 11.8 Å². The maximum atomic E-state index is 5.54. The molecular formula is C13H16N4S. The number of hydrogen-bond donors (Lipinski definition) is 3. The highest BCUT2D eigenvalue weighted by atomic mass is 32.1. The Kier molecular flexibility index (Phi) is 2.91. The third kappa shape index (κ3) is 2.31. The molecule has 1 aromatic heterocycles. The van der Waals surface area contributed by atoms with Crippen LogP contribution in [-0.4, -0.2) is 16.1 Å². The Morgan fingerprint density at radius 3 is 2.83 bits per heavy atom. The second-order valence-electron chi connectivity index (χ2n) is 4.96. The highest BCUT2D eigenvalue weighted by molar-refractivity contribution is 7.80. The predicted octanol–water partition coefficient (Wildman–Crippen LogP) is 1.91. The van der Waals surface area contributed by atoms with Crippen LogP contribution in [0, 0.1) is 11.8 Å². The molecule has 1 aromatic rings. The van der Waals surface area contributed by atoms with Crippen molar-refractivity contribution in [1.82, 2.24) is 10.3 Å². The summed E-state index contributed by atoms with van der Waals surface area (Å²) in [5.74, 6) is 1.89. The van der Waals surface area contributed by atoms with Crippen molar-refractivity contribution in [3.63, 3.8) is 0 Å². The van der Waals surface area contributed by atoms with E-state index in [0.717, 1.165) is 11.6 Å². The van der Waals surface area contributed by atoms with Gasteiger partial charge in [-0.25, -0.2) is 4.98 Å². The van der Waals surface area contributed by atoms with Crippen molar-refractivity contribution in [2.45, 2.75) is 18.9 Å². The molecule has 0 aliphatic heterocycles. The topological polar surface area (TPSA) is 63.0 Å². The molecule has 2 aliphatic carbocycles. The van der Waals surface area contributed by atoms with Gasteiger partial charge in [-0.15, -0.1) is 0 Å². The lowest BCUT2D eigenvalue weighted by atomic mass is 10.0. The molecule has 2 aliphatic rings. The number of aromatic nitrogens is 1. The standard InChI is InChI=1S/C13H16N4S/c14-12-4-3-10(7-15-12)16-13(18)17-11-6-8-1-2-9(11)5-8/h1-4,7-9,11H,5-6H2,(H2,14,15)(H2,16,17,18). The van der Waals surface area contributed by atoms with Gasteiger partial charge in [0.25, 0.3) is 0 Å². The number of nitrogen functional groups attached to an aromatic ring is 1. The zero-order valence-corrected chi connectivity index (χ0v) is 10.8. The van der Waals surface area contributed by atoms with Crippen LogP contribution in [0.25, 0.3) is 0 Å². The largest absolute Gasteiger partial charge is 0.384 e. The Bertz CT molecular complexity index is 482. The van der Waals surface area contributed by atoms with Crippen LogP contribution in [0.2, 0.25) is 0 Å². The quantitative estimate of drug-likeness (QED) is 0.560. The smallest absolute Gasteiger partial charge is 0.171 e. The summed E-state index contributed by atoms with van der Waals surface area (Å²) in [4.78, 5) is 4.02. The van der Waals surface area contributed by atoms with E-state index in [0.29, 0.717) is 22.9 Å². The first kappa shape index (κ1) is 11.5. The van der Waals surface area contributed by atoms with Gasteiger partial charge in [0.2, 0.25) is 0 Å². The molecule has 2 bridgehead atoms. The summed E-state index contributed by atoms with van der Waals surface area (Å²) < 4.78 is 0. The SMILES string of the molecule is Nc1ccc(NC(=S)NC2CC3C=CC2C3)cn1. The fourth-order valence-corrected chi connectivity index (χ4v) is 3.03. The van der Waals surface area contributed by atoms with Gasteiger partial charge in [-0.05, 0) is 49.0 Å². The van der Waals surface area contributed by atoms with E-state index >= 15 is 0 Å². The highest BCUT2D eigenvalue weighted by Crippen LogP contribution is 2.38. The molecule has 4 N–H and O–H groups in total. The number of hydrogen-bond acceptors (Lipinski definition) is 3. The van der Waals surface area contributed by atoms with Gasteiger partial charge >= 0.3 is 0 Å². The number of nitrogens with one attached hydrogen (secondary N) is 2. The molecular weight excluding hydrogens is 244 g/mol. The van der Waals surface area contributed by atoms with Crippen molar-refractivity contribution in [3.8, 4) is 0 Å². The Balaban J connectivity index is 1.56. The molecule has 5 heteroatoms. The Morgan fingerprint density at radius 2 is 2.22 bits per heavy atom. The van der Waals surface area contributed by atoms with Gasteiger partial charge in [0, 0.05) is 6.04 Å². The third-order valence-electron chi connectivity index (χ3n) is 3.64. The second kappa shape index (κ2) is 4.57. The normalized spacial score (nSPS) is 28.3. The molecule has 18 heavy (non-hydrogen) atoms.